The summed E-state index contributed by atoms with van der Waals surface area (Å²) in [6.07, 6.45) is 2.39. The molecule has 0 unspecified atom stereocenters. The number of benzene rings is 1. The number of hydrogen-bond acceptors (Lipinski definition) is 4. The molecule has 2 rings (SSSR count). The van der Waals surface area contributed by atoms with Crippen molar-refractivity contribution in [1.82, 2.24) is 5.32 Å². The summed E-state index contributed by atoms with van der Waals surface area (Å²) in [4.78, 5) is 23.2. The molecule has 0 bridgehead atoms. The van der Waals surface area contributed by atoms with Crippen LogP contribution in [0.4, 0.5) is 4.79 Å². The maximum absolute atomic E-state index is 11.8. The molecule has 1 aliphatic heterocycles. The molecule has 0 aliphatic carbocycles. The second kappa shape index (κ2) is 8.16. The number of nitrogens with one attached hydrogen (secondary N) is 1. The number of hydrogen-bond donors (Lipinski definition) is 2. The Bertz CT molecular complexity index is 643. The molecule has 0 aromatic heterocycles. The van der Waals surface area contributed by atoms with Crippen LogP contribution in [0.25, 0.3) is 5.57 Å². The molecule has 1 aromatic rings. The average Bonchev–Trinajstić information content (AvgIpc) is 2.54. The summed E-state index contributed by atoms with van der Waals surface area (Å²) < 4.78 is 10.4. The number of carboxylic acids is 1. The maximum Gasteiger partial charge on any atom is 0.408 e. The highest BCUT2D eigenvalue weighted by atomic mass is 16.6. The van der Waals surface area contributed by atoms with Gasteiger partial charge in [0.25, 0.3) is 0 Å². The molecule has 1 heterocycles. The summed E-state index contributed by atoms with van der Waals surface area (Å²) in [7, 11) is 0. The van der Waals surface area contributed by atoms with Crippen LogP contribution in [0.1, 0.15) is 38.3 Å². The minimum atomic E-state index is -1.10. The van der Waals surface area contributed by atoms with Crippen LogP contribution >= 0.6 is 0 Å². The second-order valence-corrected chi connectivity index (χ2v) is 6.99. The molecule has 1 aromatic carbocycles. The summed E-state index contributed by atoms with van der Waals surface area (Å²) in [5, 5.41) is 11.8. The highest BCUT2D eigenvalue weighted by Gasteiger charge is 2.24. The van der Waals surface area contributed by atoms with E-state index in [4.69, 9.17) is 9.47 Å². The van der Waals surface area contributed by atoms with Crippen LogP contribution in [-0.4, -0.2) is 42.0 Å². The van der Waals surface area contributed by atoms with Gasteiger partial charge in [0.1, 0.15) is 11.6 Å². The Kier molecular flexibility index (Phi) is 6.20. The van der Waals surface area contributed by atoms with Gasteiger partial charge in [-0.15, -0.1) is 0 Å². The van der Waals surface area contributed by atoms with E-state index in [1.165, 1.54) is 5.57 Å². The van der Waals surface area contributed by atoms with Crippen LogP contribution in [0.2, 0.25) is 0 Å². The van der Waals surface area contributed by atoms with Gasteiger partial charge in [0.15, 0.2) is 0 Å². The van der Waals surface area contributed by atoms with Crippen LogP contribution in [0, 0.1) is 0 Å². The lowest BCUT2D eigenvalue weighted by molar-refractivity contribution is -0.139. The number of carboxylic acid groups (broad SMARTS) is 1. The van der Waals surface area contributed by atoms with E-state index in [0.717, 1.165) is 17.5 Å². The first-order valence-corrected chi connectivity index (χ1v) is 8.33. The first-order valence-electron chi connectivity index (χ1n) is 8.33. The lowest BCUT2D eigenvalue weighted by atomic mass is 9.98. The van der Waals surface area contributed by atoms with E-state index in [1.54, 1.807) is 20.8 Å². The standard InChI is InChI=1S/C19H25NO5/c1-19(2,3)25-18(23)20-16(17(21)22)12-13-4-6-14(7-5-13)15-8-10-24-11-9-15/h4-8,16H,9-12H2,1-3H3,(H,20,23)(H,21,22)/t16-/m0/s1. The molecule has 136 valence electrons. The summed E-state index contributed by atoms with van der Waals surface area (Å²) >= 11 is 0. The average molecular weight is 347 g/mol. The van der Waals surface area contributed by atoms with E-state index in [0.29, 0.717) is 13.2 Å². The van der Waals surface area contributed by atoms with Gasteiger partial charge in [-0.1, -0.05) is 30.3 Å². The first-order chi connectivity index (χ1) is 11.7. The van der Waals surface area contributed by atoms with Gasteiger partial charge in [0.2, 0.25) is 0 Å². The lowest BCUT2D eigenvalue weighted by Gasteiger charge is -2.22. The number of ether oxygens (including phenoxy) is 2. The molecule has 0 fully saturated rings. The number of amides is 1. The third-order valence-corrected chi connectivity index (χ3v) is 3.72. The molecule has 0 saturated heterocycles. The van der Waals surface area contributed by atoms with Gasteiger partial charge < -0.3 is 19.9 Å². The van der Waals surface area contributed by atoms with Crippen molar-refractivity contribution in [2.45, 2.75) is 45.3 Å². The van der Waals surface area contributed by atoms with E-state index in [-0.39, 0.29) is 6.42 Å². The van der Waals surface area contributed by atoms with E-state index < -0.39 is 23.7 Å². The molecule has 0 saturated carbocycles. The van der Waals surface area contributed by atoms with Crippen LogP contribution < -0.4 is 5.32 Å². The highest BCUT2D eigenvalue weighted by molar-refractivity contribution is 5.80. The number of carbonyl (C=O) groups excluding carboxylic acids is 1. The molecule has 1 aliphatic rings. The van der Waals surface area contributed by atoms with E-state index in [1.807, 2.05) is 24.3 Å². The van der Waals surface area contributed by atoms with Crippen molar-refractivity contribution in [1.29, 1.82) is 0 Å². The molecule has 1 amide bonds. The van der Waals surface area contributed by atoms with E-state index >= 15 is 0 Å². The Hall–Kier alpha value is -2.34. The molecule has 6 nitrogen and oxygen atoms in total. The number of rotatable bonds is 5. The fourth-order valence-electron chi connectivity index (χ4n) is 2.53. The predicted molar refractivity (Wildman–Crippen MR) is 94.4 cm³/mol. The molecule has 25 heavy (non-hydrogen) atoms. The molecular weight excluding hydrogens is 322 g/mol. The molecule has 2 N–H and O–H groups in total. The fourth-order valence-corrected chi connectivity index (χ4v) is 2.53. The van der Waals surface area contributed by atoms with Crippen molar-refractivity contribution in [2.75, 3.05) is 13.2 Å². The van der Waals surface area contributed by atoms with Crippen molar-refractivity contribution >= 4 is 17.6 Å². The fraction of sp³-hybridized carbons (Fsp3) is 0.474. The molecule has 0 spiro atoms. The third-order valence-electron chi connectivity index (χ3n) is 3.72. The highest BCUT2D eigenvalue weighted by Crippen LogP contribution is 2.21. The molecule has 6 heteroatoms. The van der Waals surface area contributed by atoms with Gasteiger partial charge in [-0.05, 0) is 43.9 Å². The van der Waals surface area contributed by atoms with Crippen LogP contribution in [0.5, 0.6) is 0 Å². The van der Waals surface area contributed by atoms with Crippen LogP contribution in [-0.2, 0) is 20.7 Å². The molecule has 1 atom stereocenters. The van der Waals surface area contributed by atoms with Gasteiger partial charge in [-0.2, -0.15) is 0 Å². The van der Waals surface area contributed by atoms with Gasteiger partial charge in [0.05, 0.1) is 13.2 Å². The van der Waals surface area contributed by atoms with Crippen molar-refractivity contribution in [3.8, 4) is 0 Å². The zero-order valence-corrected chi connectivity index (χ0v) is 14.9. The second-order valence-electron chi connectivity index (χ2n) is 6.99. The smallest absolute Gasteiger partial charge is 0.408 e. The van der Waals surface area contributed by atoms with Crippen molar-refractivity contribution in [3.63, 3.8) is 0 Å². The van der Waals surface area contributed by atoms with Crippen LogP contribution in [0.3, 0.4) is 0 Å². The minimum absolute atomic E-state index is 0.191. The maximum atomic E-state index is 11.8. The van der Waals surface area contributed by atoms with Crippen molar-refractivity contribution in [2.24, 2.45) is 0 Å². The largest absolute Gasteiger partial charge is 0.480 e. The monoisotopic (exact) mass is 347 g/mol. The Morgan fingerprint density at radius 1 is 1.28 bits per heavy atom. The summed E-state index contributed by atoms with van der Waals surface area (Å²) in [5.41, 5.74) is 2.50. The number of aliphatic carboxylic acids is 1. The van der Waals surface area contributed by atoms with E-state index in [9.17, 15) is 14.7 Å². The Balaban J connectivity index is 2.00. The normalized spacial score (nSPS) is 15.9. The SMILES string of the molecule is CC(C)(C)OC(=O)N[C@@H](Cc1ccc(C2=CCOCC2)cc1)C(=O)O. The zero-order chi connectivity index (χ0) is 18.4. The number of carbonyl (C=O) groups is 2. The van der Waals surface area contributed by atoms with Crippen LogP contribution in [0.15, 0.2) is 30.3 Å². The van der Waals surface area contributed by atoms with Gasteiger partial charge >= 0.3 is 12.1 Å². The van der Waals surface area contributed by atoms with E-state index in [2.05, 4.69) is 11.4 Å². The molecular formula is C19H25NO5. The Morgan fingerprint density at radius 3 is 2.48 bits per heavy atom. The summed E-state index contributed by atoms with van der Waals surface area (Å²) in [6.45, 7) is 6.52. The van der Waals surface area contributed by atoms with Gasteiger partial charge in [-0.3, -0.25) is 0 Å². The summed E-state index contributed by atoms with van der Waals surface area (Å²) in [6, 6.07) is 6.68. The zero-order valence-electron chi connectivity index (χ0n) is 14.9. The number of alkyl carbamates (subject to hydrolysis) is 1. The topological polar surface area (TPSA) is 84.9 Å². The van der Waals surface area contributed by atoms with Crippen molar-refractivity contribution < 1.29 is 24.2 Å². The van der Waals surface area contributed by atoms with Gasteiger partial charge in [-0.25, -0.2) is 9.59 Å². The lowest BCUT2D eigenvalue weighted by Crippen LogP contribution is -2.44. The Labute approximate surface area is 147 Å². The molecule has 0 radical (unpaired) electrons. The predicted octanol–water partition coefficient (Wildman–Crippen LogP) is 3.01. The van der Waals surface area contributed by atoms with Crippen molar-refractivity contribution in [3.05, 3.63) is 41.5 Å². The van der Waals surface area contributed by atoms with Gasteiger partial charge in [0, 0.05) is 6.42 Å². The third kappa shape index (κ3) is 6.23. The summed E-state index contributed by atoms with van der Waals surface area (Å²) in [5.74, 6) is -1.10. The Morgan fingerprint density at radius 2 is 1.96 bits per heavy atom. The minimum Gasteiger partial charge on any atom is -0.480 e. The quantitative estimate of drug-likeness (QED) is 0.855. The first kappa shape index (κ1) is 19.0.